The molecule has 0 saturated carbocycles. The van der Waals surface area contributed by atoms with E-state index in [9.17, 15) is 4.39 Å². The fourth-order valence-electron chi connectivity index (χ4n) is 2.10. The zero-order valence-electron chi connectivity index (χ0n) is 12.6. The SMILES string of the molecule is Cn1c(SCCSc2ccc(F)cc2)nnc1-c1ccccc1. The molecule has 118 valence electrons. The van der Waals surface area contributed by atoms with Crippen molar-refractivity contribution in [3.05, 3.63) is 60.4 Å². The smallest absolute Gasteiger partial charge is 0.191 e. The van der Waals surface area contributed by atoms with E-state index in [0.29, 0.717) is 0 Å². The van der Waals surface area contributed by atoms with Crippen LogP contribution in [0.3, 0.4) is 0 Å². The molecule has 0 amide bonds. The Morgan fingerprint density at radius 2 is 1.61 bits per heavy atom. The van der Waals surface area contributed by atoms with Gasteiger partial charge in [-0.05, 0) is 24.3 Å². The van der Waals surface area contributed by atoms with Gasteiger partial charge < -0.3 is 4.57 Å². The van der Waals surface area contributed by atoms with Crippen LogP contribution in [0.25, 0.3) is 11.4 Å². The van der Waals surface area contributed by atoms with Crippen molar-refractivity contribution in [2.24, 2.45) is 7.05 Å². The van der Waals surface area contributed by atoms with Crippen molar-refractivity contribution in [2.45, 2.75) is 10.1 Å². The summed E-state index contributed by atoms with van der Waals surface area (Å²) >= 11 is 3.39. The van der Waals surface area contributed by atoms with Gasteiger partial charge in [-0.3, -0.25) is 0 Å². The van der Waals surface area contributed by atoms with Gasteiger partial charge in [0, 0.05) is 29.0 Å². The number of hydrogen-bond donors (Lipinski definition) is 0. The van der Waals surface area contributed by atoms with E-state index in [1.165, 1.54) is 12.1 Å². The molecule has 6 heteroatoms. The normalized spacial score (nSPS) is 10.9. The predicted molar refractivity (Wildman–Crippen MR) is 94.3 cm³/mol. The molecule has 0 radical (unpaired) electrons. The summed E-state index contributed by atoms with van der Waals surface area (Å²) < 4.78 is 14.9. The Kier molecular flexibility index (Phi) is 5.35. The molecule has 0 aliphatic heterocycles. The van der Waals surface area contributed by atoms with Gasteiger partial charge in [0.15, 0.2) is 11.0 Å². The lowest BCUT2D eigenvalue weighted by molar-refractivity contribution is 0.626. The minimum atomic E-state index is -0.198. The molecular weight excluding hydrogens is 329 g/mol. The van der Waals surface area contributed by atoms with Crippen molar-refractivity contribution in [3.8, 4) is 11.4 Å². The molecule has 0 unspecified atom stereocenters. The molecule has 0 spiro atoms. The number of aromatic nitrogens is 3. The Morgan fingerprint density at radius 1 is 0.913 bits per heavy atom. The molecule has 0 fully saturated rings. The number of thioether (sulfide) groups is 2. The van der Waals surface area contributed by atoms with E-state index in [-0.39, 0.29) is 5.82 Å². The largest absolute Gasteiger partial charge is 0.305 e. The number of benzene rings is 2. The fraction of sp³-hybridized carbons (Fsp3) is 0.176. The lowest BCUT2D eigenvalue weighted by Gasteiger charge is -2.04. The van der Waals surface area contributed by atoms with Gasteiger partial charge in [0.25, 0.3) is 0 Å². The van der Waals surface area contributed by atoms with Crippen LogP contribution in [0.4, 0.5) is 4.39 Å². The summed E-state index contributed by atoms with van der Waals surface area (Å²) in [5.74, 6) is 2.53. The number of rotatable bonds is 6. The molecule has 0 atom stereocenters. The van der Waals surface area contributed by atoms with Crippen LogP contribution in [0.5, 0.6) is 0 Å². The van der Waals surface area contributed by atoms with Crippen molar-refractivity contribution in [3.63, 3.8) is 0 Å². The van der Waals surface area contributed by atoms with Crippen LogP contribution >= 0.6 is 23.5 Å². The van der Waals surface area contributed by atoms with Gasteiger partial charge >= 0.3 is 0 Å². The molecule has 2 aromatic carbocycles. The first-order valence-electron chi connectivity index (χ1n) is 7.20. The van der Waals surface area contributed by atoms with Crippen molar-refractivity contribution in [1.29, 1.82) is 0 Å². The van der Waals surface area contributed by atoms with Crippen molar-refractivity contribution < 1.29 is 4.39 Å². The summed E-state index contributed by atoms with van der Waals surface area (Å²) in [6, 6.07) is 16.6. The lowest BCUT2D eigenvalue weighted by atomic mass is 10.2. The Labute approximate surface area is 143 Å². The molecule has 0 bridgehead atoms. The quantitative estimate of drug-likeness (QED) is 0.486. The van der Waals surface area contributed by atoms with E-state index in [4.69, 9.17) is 0 Å². The van der Waals surface area contributed by atoms with Gasteiger partial charge in [-0.15, -0.1) is 22.0 Å². The van der Waals surface area contributed by atoms with E-state index in [1.807, 2.05) is 41.9 Å². The van der Waals surface area contributed by atoms with Crippen LogP contribution in [0.1, 0.15) is 0 Å². The molecule has 0 aliphatic rings. The molecular formula is C17H16FN3S2. The number of halogens is 1. The second-order valence-corrected chi connectivity index (χ2v) is 7.11. The highest BCUT2D eigenvalue weighted by molar-refractivity contribution is 8.02. The maximum absolute atomic E-state index is 12.9. The summed E-state index contributed by atoms with van der Waals surface area (Å²) in [5.41, 5.74) is 1.06. The van der Waals surface area contributed by atoms with E-state index >= 15 is 0 Å². The average molecular weight is 345 g/mol. The first kappa shape index (κ1) is 16.1. The molecule has 0 saturated heterocycles. The van der Waals surface area contributed by atoms with Gasteiger partial charge in [-0.2, -0.15) is 0 Å². The Hall–Kier alpha value is -1.79. The maximum atomic E-state index is 12.9. The first-order valence-corrected chi connectivity index (χ1v) is 9.17. The molecule has 3 rings (SSSR count). The van der Waals surface area contributed by atoms with Crippen molar-refractivity contribution in [1.82, 2.24) is 14.8 Å². The third-order valence-electron chi connectivity index (χ3n) is 3.26. The maximum Gasteiger partial charge on any atom is 0.191 e. The van der Waals surface area contributed by atoms with Crippen LogP contribution in [-0.2, 0) is 7.05 Å². The van der Waals surface area contributed by atoms with Crippen molar-refractivity contribution >= 4 is 23.5 Å². The van der Waals surface area contributed by atoms with Crippen LogP contribution in [0, 0.1) is 5.82 Å². The van der Waals surface area contributed by atoms with Gasteiger partial charge in [0.2, 0.25) is 0 Å². The molecule has 1 aromatic heterocycles. The van der Waals surface area contributed by atoms with Crippen LogP contribution in [0.15, 0.2) is 64.6 Å². The molecule has 3 aromatic rings. The van der Waals surface area contributed by atoms with Crippen LogP contribution < -0.4 is 0 Å². The minimum Gasteiger partial charge on any atom is -0.305 e. The van der Waals surface area contributed by atoms with E-state index < -0.39 is 0 Å². The fourth-order valence-corrected chi connectivity index (χ4v) is 3.89. The summed E-state index contributed by atoms with van der Waals surface area (Å²) in [6.07, 6.45) is 0. The number of nitrogens with zero attached hydrogens (tertiary/aromatic N) is 3. The third-order valence-corrected chi connectivity index (χ3v) is 5.56. The highest BCUT2D eigenvalue weighted by Gasteiger charge is 2.10. The molecule has 3 nitrogen and oxygen atoms in total. The zero-order valence-corrected chi connectivity index (χ0v) is 14.3. The zero-order chi connectivity index (χ0) is 16.1. The monoisotopic (exact) mass is 345 g/mol. The second-order valence-electron chi connectivity index (χ2n) is 4.88. The van der Waals surface area contributed by atoms with Gasteiger partial charge in [0.1, 0.15) is 5.82 Å². The predicted octanol–water partition coefficient (Wildman–Crippen LogP) is 4.51. The standard InChI is InChI=1S/C17H16FN3S2/c1-21-16(13-5-3-2-4-6-13)19-20-17(21)23-12-11-22-15-9-7-14(18)8-10-15/h2-10H,11-12H2,1H3. The Bertz CT molecular complexity index is 757. The number of hydrogen-bond acceptors (Lipinski definition) is 4. The summed E-state index contributed by atoms with van der Waals surface area (Å²) in [7, 11) is 1.98. The van der Waals surface area contributed by atoms with E-state index in [1.54, 1.807) is 35.7 Å². The Balaban J connectivity index is 1.55. The van der Waals surface area contributed by atoms with Crippen LogP contribution in [0.2, 0.25) is 0 Å². The van der Waals surface area contributed by atoms with E-state index in [2.05, 4.69) is 10.2 Å². The highest BCUT2D eigenvalue weighted by Crippen LogP contribution is 2.25. The molecule has 0 N–H and O–H groups in total. The molecule has 0 aliphatic carbocycles. The summed E-state index contributed by atoms with van der Waals surface area (Å²) in [6.45, 7) is 0. The molecule has 23 heavy (non-hydrogen) atoms. The molecule has 1 heterocycles. The first-order chi connectivity index (χ1) is 11.2. The van der Waals surface area contributed by atoms with Gasteiger partial charge in [0.05, 0.1) is 0 Å². The van der Waals surface area contributed by atoms with Gasteiger partial charge in [-0.25, -0.2) is 4.39 Å². The third kappa shape index (κ3) is 4.14. The Morgan fingerprint density at radius 3 is 2.35 bits per heavy atom. The minimum absolute atomic E-state index is 0.198. The second kappa shape index (κ2) is 7.66. The van der Waals surface area contributed by atoms with Crippen molar-refractivity contribution in [2.75, 3.05) is 11.5 Å². The van der Waals surface area contributed by atoms with E-state index in [0.717, 1.165) is 32.9 Å². The summed E-state index contributed by atoms with van der Waals surface area (Å²) in [4.78, 5) is 1.08. The average Bonchev–Trinajstić information content (AvgIpc) is 2.95. The summed E-state index contributed by atoms with van der Waals surface area (Å²) in [5, 5.41) is 9.45. The highest BCUT2D eigenvalue weighted by atomic mass is 32.2. The van der Waals surface area contributed by atoms with Gasteiger partial charge in [-0.1, -0.05) is 42.1 Å². The lowest BCUT2D eigenvalue weighted by Crippen LogP contribution is -1.95. The topological polar surface area (TPSA) is 30.7 Å². The van der Waals surface area contributed by atoms with Crippen LogP contribution in [-0.4, -0.2) is 26.3 Å².